The molecule has 7 heteroatoms. The van der Waals surface area contributed by atoms with Crippen molar-refractivity contribution in [2.75, 3.05) is 7.11 Å². The van der Waals surface area contributed by atoms with Crippen LogP contribution in [-0.2, 0) is 11.5 Å². The highest BCUT2D eigenvalue weighted by Crippen LogP contribution is 2.19. The number of fused-ring (bicyclic) bond motifs is 1. The van der Waals surface area contributed by atoms with Crippen LogP contribution in [0.4, 0.5) is 0 Å². The predicted molar refractivity (Wildman–Crippen MR) is 58.6 cm³/mol. The molecular weight excluding hydrogens is 222 g/mol. The van der Waals surface area contributed by atoms with Crippen molar-refractivity contribution in [1.29, 1.82) is 5.26 Å². The van der Waals surface area contributed by atoms with Gasteiger partial charge < -0.3 is 9.84 Å². The fraction of sp³-hybridized carbons (Fsp3) is 0.200. The van der Waals surface area contributed by atoms with Crippen LogP contribution in [0.3, 0.4) is 0 Å². The van der Waals surface area contributed by atoms with Gasteiger partial charge in [-0.2, -0.15) is 5.26 Å². The molecule has 17 heavy (non-hydrogen) atoms. The number of rotatable bonds is 3. The van der Waals surface area contributed by atoms with Gasteiger partial charge in [0.2, 0.25) is 0 Å². The van der Waals surface area contributed by atoms with Crippen LogP contribution in [0.1, 0.15) is 5.69 Å². The van der Waals surface area contributed by atoms with Gasteiger partial charge in [0.25, 0.3) is 0 Å². The summed E-state index contributed by atoms with van der Waals surface area (Å²) in [5, 5.41) is 17.8. The molecule has 0 aliphatic carbocycles. The molecule has 0 saturated heterocycles. The second-order valence-corrected chi connectivity index (χ2v) is 3.18. The number of nitriles is 1. The molecule has 0 aliphatic rings. The summed E-state index contributed by atoms with van der Waals surface area (Å²) in [6, 6.07) is 1.84. The highest BCUT2D eigenvalue weighted by atomic mass is 16.5. The standard InChI is InChI=1S/C10H9N5O2/c1-17-6-15-5-14-9-8(7(2-11)3-16)12-4-13-10(9)15/h3-5,16H,6H2,1H3/b7-3-. The minimum Gasteiger partial charge on any atom is -0.514 e. The number of imidazole rings is 1. The van der Waals surface area contributed by atoms with Gasteiger partial charge in [0.1, 0.15) is 35.9 Å². The maximum Gasteiger partial charge on any atom is 0.165 e. The number of hydrogen-bond acceptors (Lipinski definition) is 6. The van der Waals surface area contributed by atoms with E-state index >= 15 is 0 Å². The lowest BCUT2D eigenvalue weighted by Gasteiger charge is -2.01. The fourth-order valence-electron chi connectivity index (χ4n) is 1.45. The second-order valence-electron chi connectivity index (χ2n) is 3.18. The van der Waals surface area contributed by atoms with Gasteiger partial charge in [-0.15, -0.1) is 0 Å². The minimum absolute atomic E-state index is 0.0417. The zero-order chi connectivity index (χ0) is 12.3. The number of aliphatic hydroxyl groups excluding tert-OH is 1. The normalized spacial score (nSPS) is 11.6. The Morgan fingerprint density at radius 3 is 3.06 bits per heavy atom. The van der Waals surface area contributed by atoms with E-state index in [-0.39, 0.29) is 5.57 Å². The molecule has 2 heterocycles. The monoisotopic (exact) mass is 231 g/mol. The van der Waals surface area contributed by atoms with Gasteiger partial charge in [-0.25, -0.2) is 15.0 Å². The first-order valence-electron chi connectivity index (χ1n) is 4.71. The Labute approximate surface area is 96.6 Å². The zero-order valence-corrected chi connectivity index (χ0v) is 9.03. The van der Waals surface area contributed by atoms with Crippen molar-refractivity contribution >= 4 is 16.7 Å². The van der Waals surface area contributed by atoms with E-state index in [1.54, 1.807) is 18.0 Å². The molecule has 1 N–H and O–H groups in total. The van der Waals surface area contributed by atoms with Crippen LogP contribution in [-0.4, -0.2) is 31.7 Å². The third kappa shape index (κ3) is 1.81. The van der Waals surface area contributed by atoms with E-state index in [0.717, 1.165) is 0 Å². The van der Waals surface area contributed by atoms with Gasteiger partial charge in [-0.3, -0.25) is 4.57 Å². The van der Waals surface area contributed by atoms with Crippen LogP contribution in [0.15, 0.2) is 18.9 Å². The van der Waals surface area contributed by atoms with Crippen molar-refractivity contribution in [3.8, 4) is 6.07 Å². The van der Waals surface area contributed by atoms with Gasteiger partial charge in [-0.1, -0.05) is 0 Å². The lowest BCUT2D eigenvalue weighted by atomic mass is 10.2. The van der Waals surface area contributed by atoms with Gasteiger partial charge in [0.15, 0.2) is 5.65 Å². The summed E-state index contributed by atoms with van der Waals surface area (Å²) >= 11 is 0. The van der Waals surface area contributed by atoms with E-state index in [4.69, 9.17) is 15.1 Å². The number of ether oxygens (including phenoxy) is 1. The molecule has 0 spiro atoms. The molecule has 0 aliphatic heterocycles. The summed E-state index contributed by atoms with van der Waals surface area (Å²) in [6.45, 7) is 0.303. The van der Waals surface area contributed by atoms with E-state index in [2.05, 4.69) is 15.0 Å². The Hall–Kier alpha value is -2.46. The first-order chi connectivity index (χ1) is 8.31. The fourth-order valence-corrected chi connectivity index (χ4v) is 1.45. The number of hydrogen-bond donors (Lipinski definition) is 1. The van der Waals surface area contributed by atoms with Gasteiger partial charge in [0, 0.05) is 7.11 Å². The first kappa shape index (κ1) is 11.0. The van der Waals surface area contributed by atoms with Crippen molar-refractivity contribution in [2.45, 2.75) is 6.73 Å². The SMILES string of the molecule is COCn1cnc2c(/C(C#N)=C\O)ncnc21. The first-order valence-corrected chi connectivity index (χ1v) is 4.71. The lowest BCUT2D eigenvalue weighted by Crippen LogP contribution is -2.00. The molecule has 0 bridgehead atoms. The van der Waals surface area contributed by atoms with Gasteiger partial charge in [-0.05, 0) is 0 Å². The van der Waals surface area contributed by atoms with Crippen LogP contribution in [0, 0.1) is 11.3 Å². The average Bonchev–Trinajstić information content (AvgIpc) is 2.76. The molecule has 2 rings (SSSR count). The lowest BCUT2D eigenvalue weighted by molar-refractivity contribution is 0.134. The van der Waals surface area contributed by atoms with Crippen molar-refractivity contribution in [1.82, 2.24) is 19.5 Å². The highest BCUT2D eigenvalue weighted by molar-refractivity contribution is 5.89. The average molecular weight is 231 g/mol. The van der Waals surface area contributed by atoms with Crippen LogP contribution < -0.4 is 0 Å². The number of methoxy groups -OCH3 is 1. The summed E-state index contributed by atoms with van der Waals surface area (Å²) in [5.41, 5.74) is 1.34. The molecule has 86 valence electrons. The molecular formula is C10H9N5O2. The molecule has 7 nitrogen and oxygen atoms in total. The Bertz CT molecular complexity index is 611. The Balaban J connectivity index is 2.64. The van der Waals surface area contributed by atoms with Gasteiger partial charge in [0.05, 0.1) is 12.6 Å². The molecule has 2 aromatic rings. The van der Waals surface area contributed by atoms with E-state index in [1.807, 2.05) is 6.07 Å². The van der Waals surface area contributed by atoms with Crippen LogP contribution in [0.25, 0.3) is 16.7 Å². The summed E-state index contributed by atoms with van der Waals surface area (Å²) < 4.78 is 6.65. The third-order valence-corrected chi connectivity index (χ3v) is 2.17. The zero-order valence-electron chi connectivity index (χ0n) is 9.03. The third-order valence-electron chi connectivity index (χ3n) is 2.17. The summed E-state index contributed by atoms with van der Waals surface area (Å²) in [7, 11) is 1.56. The molecule has 0 saturated carbocycles. The number of nitrogens with zero attached hydrogens (tertiary/aromatic N) is 5. The predicted octanol–water partition coefficient (Wildman–Crippen LogP) is 0.853. The Kier molecular flexibility index (Phi) is 2.98. The minimum atomic E-state index is 0.0417. The molecule has 0 fully saturated rings. The topological polar surface area (TPSA) is 96.9 Å². The van der Waals surface area contributed by atoms with E-state index in [9.17, 15) is 0 Å². The van der Waals surface area contributed by atoms with Crippen molar-refractivity contribution < 1.29 is 9.84 Å². The number of aliphatic hydroxyl groups is 1. The van der Waals surface area contributed by atoms with Gasteiger partial charge >= 0.3 is 0 Å². The van der Waals surface area contributed by atoms with E-state index in [0.29, 0.717) is 29.9 Å². The Morgan fingerprint density at radius 1 is 1.59 bits per heavy atom. The van der Waals surface area contributed by atoms with E-state index in [1.165, 1.54) is 6.33 Å². The quantitative estimate of drug-likeness (QED) is 0.621. The maximum absolute atomic E-state index is 8.94. The molecule has 0 unspecified atom stereocenters. The van der Waals surface area contributed by atoms with Crippen LogP contribution in [0.2, 0.25) is 0 Å². The Morgan fingerprint density at radius 2 is 2.41 bits per heavy atom. The van der Waals surface area contributed by atoms with Crippen LogP contribution in [0.5, 0.6) is 0 Å². The number of aromatic nitrogens is 4. The summed E-state index contributed by atoms with van der Waals surface area (Å²) in [6.07, 6.45) is 3.56. The number of allylic oxidation sites excluding steroid dienone is 1. The van der Waals surface area contributed by atoms with Crippen LogP contribution >= 0.6 is 0 Å². The molecule has 2 aromatic heterocycles. The van der Waals surface area contributed by atoms with Crippen molar-refractivity contribution in [3.63, 3.8) is 0 Å². The second kappa shape index (κ2) is 4.59. The highest BCUT2D eigenvalue weighted by Gasteiger charge is 2.13. The van der Waals surface area contributed by atoms with Crippen molar-refractivity contribution in [2.24, 2.45) is 0 Å². The molecule has 0 aromatic carbocycles. The maximum atomic E-state index is 8.94. The summed E-state index contributed by atoms with van der Waals surface area (Å²) in [4.78, 5) is 12.1. The largest absolute Gasteiger partial charge is 0.514 e. The summed E-state index contributed by atoms with van der Waals surface area (Å²) in [5.74, 6) is 0. The molecule has 0 amide bonds. The molecule has 0 atom stereocenters. The van der Waals surface area contributed by atoms with E-state index < -0.39 is 0 Å². The molecule has 0 radical (unpaired) electrons. The smallest absolute Gasteiger partial charge is 0.165 e. The van der Waals surface area contributed by atoms with Crippen molar-refractivity contribution in [3.05, 3.63) is 24.6 Å².